The Balaban J connectivity index is 2.24. The first kappa shape index (κ1) is 15.1. The number of carbonyl (C=O) groups is 2. The van der Waals surface area contributed by atoms with Crippen LogP contribution in [0.2, 0.25) is 0 Å². The van der Waals surface area contributed by atoms with Crippen molar-refractivity contribution in [2.75, 3.05) is 33.5 Å². The quantitative estimate of drug-likeness (QED) is 0.481. The molecule has 6 nitrogen and oxygen atoms in total. The lowest BCUT2D eigenvalue weighted by Gasteiger charge is -2.19. The second-order valence-corrected chi connectivity index (χ2v) is 4.51. The van der Waals surface area contributed by atoms with Crippen LogP contribution in [0.25, 0.3) is 0 Å². The summed E-state index contributed by atoms with van der Waals surface area (Å²) >= 11 is 0. The molecule has 1 fully saturated rings. The highest BCUT2D eigenvalue weighted by Gasteiger charge is 2.39. The van der Waals surface area contributed by atoms with Crippen LogP contribution in [0.3, 0.4) is 0 Å². The molecule has 1 N–H and O–H groups in total. The van der Waals surface area contributed by atoms with Gasteiger partial charge in [0, 0.05) is 19.7 Å². The average Bonchev–Trinajstić information content (AvgIpc) is 2.59. The molecule has 1 heterocycles. The Kier molecular flexibility index (Phi) is 6.24. The minimum atomic E-state index is -0.397. The van der Waals surface area contributed by atoms with Gasteiger partial charge in [-0.15, -0.1) is 0 Å². The van der Waals surface area contributed by atoms with Gasteiger partial charge in [-0.3, -0.25) is 14.5 Å². The molecule has 0 radical (unpaired) electrons. The molecule has 0 bridgehead atoms. The van der Waals surface area contributed by atoms with Crippen molar-refractivity contribution in [2.45, 2.75) is 32.4 Å². The Hall–Kier alpha value is -0.980. The van der Waals surface area contributed by atoms with Crippen LogP contribution < -0.4 is 5.32 Å². The van der Waals surface area contributed by atoms with Gasteiger partial charge in [0.05, 0.1) is 32.3 Å². The molecular weight excluding hydrogens is 236 g/mol. The SMILES string of the molecule is COCCOCCNC1CC(=O)N(C(C)C)C1=O. The van der Waals surface area contributed by atoms with E-state index in [1.54, 1.807) is 7.11 Å². The molecule has 2 amide bonds. The summed E-state index contributed by atoms with van der Waals surface area (Å²) in [6.45, 7) is 5.83. The monoisotopic (exact) mass is 258 g/mol. The Morgan fingerprint density at radius 2 is 2.06 bits per heavy atom. The molecule has 1 atom stereocenters. The molecule has 0 aliphatic carbocycles. The van der Waals surface area contributed by atoms with Gasteiger partial charge in [0.15, 0.2) is 0 Å². The number of rotatable bonds is 8. The van der Waals surface area contributed by atoms with E-state index >= 15 is 0 Å². The van der Waals surface area contributed by atoms with Crippen LogP contribution in [-0.2, 0) is 19.1 Å². The van der Waals surface area contributed by atoms with E-state index in [1.165, 1.54) is 4.90 Å². The normalized spacial score (nSPS) is 20.2. The van der Waals surface area contributed by atoms with Crippen LogP contribution in [0.4, 0.5) is 0 Å². The third-order valence-electron chi connectivity index (χ3n) is 2.77. The van der Waals surface area contributed by atoms with Gasteiger partial charge in [0.25, 0.3) is 0 Å². The number of likely N-dealkylation sites (tertiary alicyclic amines) is 1. The molecule has 0 aromatic heterocycles. The maximum absolute atomic E-state index is 11.9. The predicted molar refractivity (Wildman–Crippen MR) is 66.1 cm³/mol. The van der Waals surface area contributed by atoms with Crippen LogP contribution in [0.15, 0.2) is 0 Å². The van der Waals surface area contributed by atoms with Gasteiger partial charge >= 0.3 is 0 Å². The molecule has 0 aromatic rings. The fourth-order valence-corrected chi connectivity index (χ4v) is 1.90. The number of ether oxygens (including phenoxy) is 2. The number of carbonyl (C=O) groups excluding carboxylic acids is 2. The molecule has 6 heteroatoms. The molecular formula is C12H22N2O4. The van der Waals surface area contributed by atoms with E-state index in [-0.39, 0.29) is 24.3 Å². The summed E-state index contributed by atoms with van der Waals surface area (Å²) in [7, 11) is 1.62. The van der Waals surface area contributed by atoms with Crippen molar-refractivity contribution < 1.29 is 19.1 Å². The van der Waals surface area contributed by atoms with E-state index in [4.69, 9.17) is 9.47 Å². The molecule has 0 saturated carbocycles. The van der Waals surface area contributed by atoms with Crippen LogP contribution in [0.5, 0.6) is 0 Å². The highest BCUT2D eigenvalue weighted by Crippen LogP contribution is 2.15. The zero-order valence-electron chi connectivity index (χ0n) is 11.3. The number of hydrogen-bond donors (Lipinski definition) is 1. The van der Waals surface area contributed by atoms with Gasteiger partial charge in [-0.2, -0.15) is 0 Å². The molecule has 1 aliphatic heterocycles. The summed E-state index contributed by atoms with van der Waals surface area (Å²) in [6.07, 6.45) is 0.245. The lowest BCUT2D eigenvalue weighted by molar-refractivity contribution is -0.140. The highest BCUT2D eigenvalue weighted by atomic mass is 16.5. The van der Waals surface area contributed by atoms with E-state index in [0.29, 0.717) is 26.4 Å². The number of hydrogen-bond acceptors (Lipinski definition) is 5. The number of methoxy groups -OCH3 is 1. The maximum Gasteiger partial charge on any atom is 0.247 e. The summed E-state index contributed by atoms with van der Waals surface area (Å²) < 4.78 is 10.1. The van der Waals surface area contributed by atoms with Gasteiger partial charge in [-0.25, -0.2) is 0 Å². The van der Waals surface area contributed by atoms with Gasteiger partial charge in [-0.05, 0) is 13.8 Å². The third-order valence-corrected chi connectivity index (χ3v) is 2.77. The summed E-state index contributed by atoms with van der Waals surface area (Å²) in [5.41, 5.74) is 0. The van der Waals surface area contributed by atoms with E-state index < -0.39 is 6.04 Å². The second kappa shape index (κ2) is 7.45. The first-order chi connectivity index (χ1) is 8.57. The molecule has 1 aliphatic rings. The first-order valence-corrected chi connectivity index (χ1v) is 6.24. The van der Waals surface area contributed by atoms with E-state index in [1.807, 2.05) is 13.8 Å². The molecule has 18 heavy (non-hydrogen) atoms. The summed E-state index contributed by atoms with van der Waals surface area (Å²) in [6, 6.07) is -0.472. The maximum atomic E-state index is 11.9. The summed E-state index contributed by atoms with van der Waals surface area (Å²) in [4.78, 5) is 24.9. The smallest absolute Gasteiger partial charge is 0.247 e. The van der Waals surface area contributed by atoms with Gasteiger partial charge in [-0.1, -0.05) is 0 Å². The van der Waals surface area contributed by atoms with Crippen LogP contribution in [0.1, 0.15) is 20.3 Å². The van der Waals surface area contributed by atoms with Crippen LogP contribution in [0, 0.1) is 0 Å². The topological polar surface area (TPSA) is 67.9 Å². The molecule has 1 unspecified atom stereocenters. The van der Waals surface area contributed by atoms with Crippen LogP contribution in [-0.4, -0.2) is 62.3 Å². The number of amides is 2. The van der Waals surface area contributed by atoms with Crippen molar-refractivity contribution in [3.05, 3.63) is 0 Å². The van der Waals surface area contributed by atoms with Crippen molar-refractivity contribution in [3.63, 3.8) is 0 Å². The van der Waals surface area contributed by atoms with Crippen molar-refractivity contribution in [1.29, 1.82) is 0 Å². The Bertz CT molecular complexity index is 294. The Morgan fingerprint density at radius 1 is 1.33 bits per heavy atom. The number of imide groups is 1. The minimum absolute atomic E-state index is 0.0743. The molecule has 1 saturated heterocycles. The molecule has 0 spiro atoms. The Labute approximate surface area is 108 Å². The fraction of sp³-hybridized carbons (Fsp3) is 0.833. The fourth-order valence-electron chi connectivity index (χ4n) is 1.90. The van der Waals surface area contributed by atoms with Crippen LogP contribution >= 0.6 is 0 Å². The first-order valence-electron chi connectivity index (χ1n) is 6.24. The largest absolute Gasteiger partial charge is 0.382 e. The van der Waals surface area contributed by atoms with Gasteiger partial charge in [0.1, 0.15) is 0 Å². The van der Waals surface area contributed by atoms with E-state index in [0.717, 1.165) is 0 Å². The van der Waals surface area contributed by atoms with E-state index in [2.05, 4.69) is 5.32 Å². The van der Waals surface area contributed by atoms with Crippen molar-refractivity contribution in [1.82, 2.24) is 10.2 Å². The lowest BCUT2D eigenvalue weighted by Crippen LogP contribution is -2.42. The van der Waals surface area contributed by atoms with Crippen molar-refractivity contribution >= 4 is 11.8 Å². The van der Waals surface area contributed by atoms with Gasteiger partial charge < -0.3 is 14.8 Å². The summed E-state index contributed by atoms with van der Waals surface area (Å²) in [5.74, 6) is -0.236. The third kappa shape index (κ3) is 4.04. The van der Waals surface area contributed by atoms with E-state index in [9.17, 15) is 9.59 Å². The zero-order chi connectivity index (χ0) is 13.5. The molecule has 0 aromatic carbocycles. The molecule has 104 valence electrons. The predicted octanol–water partition coefficient (Wildman–Crippen LogP) is -0.225. The Morgan fingerprint density at radius 3 is 2.61 bits per heavy atom. The standard InChI is InChI=1S/C12H22N2O4/c1-9(2)14-11(15)8-10(12(14)16)13-4-5-18-7-6-17-3/h9-10,13H,4-8H2,1-3H3. The lowest BCUT2D eigenvalue weighted by atomic mass is 10.2. The highest BCUT2D eigenvalue weighted by molar-refractivity contribution is 6.05. The molecule has 1 rings (SSSR count). The number of nitrogens with one attached hydrogen (secondary N) is 1. The summed E-state index contributed by atoms with van der Waals surface area (Å²) in [5, 5.41) is 3.05. The second-order valence-electron chi connectivity index (χ2n) is 4.51. The number of nitrogens with zero attached hydrogens (tertiary/aromatic N) is 1. The zero-order valence-corrected chi connectivity index (χ0v) is 11.3. The average molecular weight is 258 g/mol. The van der Waals surface area contributed by atoms with Gasteiger partial charge in [0.2, 0.25) is 11.8 Å². The van der Waals surface area contributed by atoms with Crippen molar-refractivity contribution in [2.24, 2.45) is 0 Å². The van der Waals surface area contributed by atoms with Crippen molar-refractivity contribution in [3.8, 4) is 0 Å². The minimum Gasteiger partial charge on any atom is -0.382 e.